The number of carbonyl (C=O) groups excluding carboxylic acids is 1. The van der Waals surface area contributed by atoms with Crippen LogP contribution in [-0.4, -0.2) is 62.7 Å². The van der Waals surface area contributed by atoms with Crippen molar-refractivity contribution in [2.45, 2.75) is 64.4 Å². The summed E-state index contributed by atoms with van der Waals surface area (Å²) in [4.78, 5) is 15.6. The van der Waals surface area contributed by atoms with Crippen LogP contribution in [0.1, 0.15) is 46.1 Å². The number of primary amides is 1. The minimum Gasteiger partial charge on any atom is -0.351 e. The maximum atomic E-state index is 12.8. The van der Waals surface area contributed by atoms with Gasteiger partial charge in [-0.2, -0.15) is 0 Å². The van der Waals surface area contributed by atoms with Gasteiger partial charge in [0.1, 0.15) is 5.37 Å². The van der Waals surface area contributed by atoms with E-state index in [2.05, 4.69) is 17.1 Å². The van der Waals surface area contributed by atoms with E-state index in [1.807, 2.05) is 45.0 Å². The van der Waals surface area contributed by atoms with E-state index in [1.54, 1.807) is 4.90 Å². The third kappa shape index (κ3) is 6.18. The molecule has 1 aromatic rings. The number of nitrogens with zero attached hydrogens (tertiary/aromatic N) is 2. The molecule has 2 atom stereocenters. The normalized spacial score (nSPS) is 17.8. The van der Waals surface area contributed by atoms with E-state index in [4.69, 9.17) is 5.73 Å². The van der Waals surface area contributed by atoms with E-state index in [0.717, 1.165) is 37.2 Å². The molecule has 0 bridgehead atoms. The van der Waals surface area contributed by atoms with Gasteiger partial charge in [0.05, 0.1) is 0 Å². The van der Waals surface area contributed by atoms with Gasteiger partial charge in [-0.05, 0) is 83.3 Å². The Balaban J connectivity index is 2.26. The van der Waals surface area contributed by atoms with Gasteiger partial charge in [0, 0.05) is 24.0 Å². The number of urea groups is 1. The first-order valence-electron chi connectivity index (χ1n) is 10.9. The van der Waals surface area contributed by atoms with Gasteiger partial charge in [-0.3, -0.25) is 9.80 Å². The van der Waals surface area contributed by atoms with Crippen LogP contribution in [0.4, 0.5) is 10.5 Å². The van der Waals surface area contributed by atoms with Crippen LogP contribution < -0.4 is 16.0 Å². The number of sulfone groups is 1. The number of nitrogens with one attached hydrogen (secondary N) is 1. The summed E-state index contributed by atoms with van der Waals surface area (Å²) < 4.78 is 25.5. The summed E-state index contributed by atoms with van der Waals surface area (Å²) in [6.45, 7) is 10.4. The highest BCUT2D eigenvalue weighted by atomic mass is 32.2. The van der Waals surface area contributed by atoms with Crippen molar-refractivity contribution in [2.75, 3.05) is 30.8 Å². The zero-order valence-corrected chi connectivity index (χ0v) is 19.8. The highest BCUT2D eigenvalue weighted by Gasteiger charge is 2.37. The summed E-state index contributed by atoms with van der Waals surface area (Å²) in [5, 5.41) is 2.85. The van der Waals surface area contributed by atoms with Gasteiger partial charge in [-0.25, -0.2) is 13.2 Å². The minimum absolute atomic E-state index is 0.0425. The lowest BCUT2D eigenvalue weighted by molar-refractivity contribution is 0.138. The Labute approximate surface area is 181 Å². The Morgan fingerprint density at radius 1 is 1.23 bits per heavy atom. The molecule has 170 valence electrons. The third-order valence-corrected chi connectivity index (χ3v) is 7.49. The minimum atomic E-state index is -3.23. The van der Waals surface area contributed by atoms with Crippen molar-refractivity contribution >= 4 is 21.6 Å². The predicted molar refractivity (Wildman–Crippen MR) is 123 cm³/mol. The first kappa shape index (κ1) is 24.6. The number of carbonyl (C=O) groups is 1. The molecule has 1 fully saturated rings. The maximum Gasteiger partial charge on any atom is 0.319 e. The summed E-state index contributed by atoms with van der Waals surface area (Å²) in [7, 11) is -3.23. The lowest BCUT2D eigenvalue weighted by atomic mass is 9.95. The van der Waals surface area contributed by atoms with Crippen LogP contribution in [0.3, 0.4) is 0 Å². The number of likely N-dealkylation sites (N-methyl/N-ethyl adjacent to an activating group) is 1. The number of rotatable bonds is 9. The van der Waals surface area contributed by atoms with Gasteiger partial charge in [0.15, 0.2) is 9.84 Å². The van der Waals surface area contributed by atoms with Crippen LogP contribution in [0, 0.1) is 5.92 Å². The van der Waals surface area contributed by atoms with Crippen LogP contribution >= 0.6 is 0 Å². The van der Waals surface area contributed by atoms with E-state index < -0.39 is 21.2 Å². The molecule has 1 aliphatic heterocycles. The van der Waals surface area contributed by atoms with Crippen molar-refractivity contribution in [2.24, 2.45) is 11.7 Å². The van der Waals surface area contributed by atoms with Gasteiger partial charge in [0.2, 0.25) is 0 Å². The number of hydrogen-bond acceptors (Lipinski definition) is 5. The third-order valence-electron chi connectivity index (χ3n) is 5.96. The lowest BCUT2D eigenvalue weighted by Gasteiger charge is -2.40. The van der Waals surface area contributed by atoms with Crippen LogP contribution in [0.2, 0.25) is 0 Å². The quantitative estimate of drug-likeness (QED) is 0.618. The molecule has 0 spiro atoms. The number of hydrogen-bond donors (Lipinski definition) is 2. The van der Waals surface area contributed by atoms with Crippen molar-refractivity contribution in [3.8, 4) is 0 Å². The average molecular weight is 439 g/mol. The fourth-order valence-corrected chi connectivity index (χ4v) is 6.53. The van der Waals surface area contributed by atoms with Gasteiger partial charge in [-0.15, -0.1) is 0 Å². The molecule has 1 saturated heterocycles. The summed E-state index contributed by atoms with van der Waals surface area (Å²) in [5.74, 6) is 0.140. The number of anilines is 1. The maximum absolute atomic E-state index is 12.8. The van der Waals surface area contributed by atoms with Crippen LogP contribution in [0.25, 0.3) is 0 Å². The Hall–Kier alpha value is -1.64. The molecule has 0 radical (unpaired) electrons. The largest absolute Gasteiger partial charge is 0.351 e. The fraction of sp³-hybridized carbons (Fsp3) is 0.682. The molecule has 2 amide bonds. The average Bonchev–Trinajstić information content (AvgIpc) is 2.65. The Morgan fingerprint density at radius 2 is 1.87 bits per heavy atom. The highest BCUT2D eigenvalue weighted by molar-refractivity contribution is 7.91. The van der Waals surface area contributed by atoms with E-state index in [1.165, 1.54) is 6.26 Å². The predicted octanol–water partition coefficient (Wildman–Crippen LogP) is 2.60. The molecule has 1 heterocycles. The Kier molecular flexibility index (Phi) is 8.70. The first-order chi connectivity index (χ1) is 14.1. The molecule has 0 aliphatic carbocycles. The molecule has 0 saturated carbocycles. The van der Waals surface area contributed by atoms with Gasteiger partial charge < -0.3 is 11.1 Å². The molecule has 3 N–H and O–H groups in total. The van der Waals surface area contributed by atoms with Gasteiger partial charge in [0.25, 0.3) is 0 Å². The second-order valence-corrected chi connectivity index (χ2v) is 10.8. The summed E-state index contributed by atoms with van der Waals surface area (Å²) in [5.41, 5.74) is 7.39. The molecule has 1 aromatic carbocycles. The second-order valence-electron chi connectivity index (χ2n) is 8.66. The molecular weight excluding hydrogens is 400 g/mol. The number of benzene rings is 1. The van der Waals surface area contributed by atoms with Crippen molar-refractivity contribution < 1.29 is 13.2 Å². The van der Waals surface area contributed by atoms with Crippen molar-refractivity contribution in [3.05, 3.63) is 29.8 Å². The number of piperidine rings is 1. The van der Waals surface area contributed by atoms with Crippen LogP contribution in [0.5, 0.6) is 0 Å². The molecule has 30 heavy (non-hydrogen) atoms. The molecular formula is C22H38N4O3S. The Morgan fingerprint density at radius 3 is 2.37 bits per heavy atom. The van der Waals surface area contributed by atoms with E-state index >= 15 is 0 Å². The fourth-order valence-electron chi connectivity index (χ4n) is 4.71. The second kappa shape index (κ2) is 10.6. The van der Waals surface area contributed by atoms with Gasteiger partial charge in [-0.1, -0.05) is 19.1 Å². The van der Waals surface area contributed by atoms with Crippen LogP contribution in [-0.2, 0) is 16.3 Å². The smallest absolute Gasteiger partial charge is 0.319 e. The van der Waals surface area contributed by atoms with Gasteiger partial charge >= 0.3 is 6.03 Å². The van der Waals surface area contributed by atoms with E-state index in [-0.39, 0.29) is 18.0 Å². The number of nitrogens with two attached hydrogens (primary N) is 1. The molecule has 7 nitrogen and oxygen atoms in total. The van der Waals surface area contributed by atoms with Crippen LogP contribution in [0.15, 0.2) is 24.3 Å². The first-order valence-corrected chi connectivity index (χ1v) is 12.8. The zero-order valence-electron chi connectivity index (χ0n) is 19.0. The lowest BCUT2D eigenvalue weighted by Crippen LogP contribution is -2.52. The van der Waals surface area contributed by atoms with E-state index in [9.17, 15) is 13.2 Å². The summed E-state index contributed by atoms with van der Waals surface area (Å²) in [6, 6.07) is 7.33. The number of amides is 2. The van der Waals surface area contributed by atoms with E-state index in [0.29, 0.717) is 13.0 Å². The summed E-state index contributed by atoms with van der Waals surface area (Å²) >= 11 is 0. The van der Waals surface area contributed by atoms with Crippen molar-refractivity contribution in [1.29, 1.82) is 0 Å². The molecule has 1 aliphatic rings. The topological polar surface area (TPSA) is 95.7 Å². The van der Waals surface area contributed by atoms with Crippen molar-refractivity contribution in [3.63, 3.8) is 0 Å². The molecule has 2 unspecified atom stereocenters. The Bertz CT molecular complexity index is 806. The molecule has 2 rings (SSSR count). The standard InChI is InChI=1S/C22H38N4O3S/c1-6-25(21(30(5,28)29)19-10-12-24-13-11-19)17(4)14-18-8-7-9-20(15-18)26(16(2)3)22(23)27/h7-9,15-17,19,21,24H,6,10-14H2,1-5H3,(H2,23,27). The molecule has 0 aromatic heterocycles. The highest BCUT2D eigenvalue weighted by Crippen LogP contribution is 2.28. The SMILES string of the molecule is CCN(C(C)Cc1cccc(N(C(N)=O)C(C)C)c1)C(C1CCNCC1)S(C)(=O)=O. The molecule has 8 heteroatoms. The zero-order chi connectivity index (χ0) is 22.5. The van der Waals surface area contributed by atoms with Crippen molar-refractivity contribution in [1.82, 2.24) is 10.2 Å². The monoisotopic (exact) mass is 438 g/mol. The summed E-state index contributed by atoms with van der Waals surface area (Å²) in [6.07, 6.45) is 3.81.